The summed E-state index contributed by atoms with van der Waals surface area (Å²) in [7, 11) is 1.60. The second kappa shape index (κ2) is 12.9. The zero-order valence-corrected chi connectivity index (χ0v) is 19.5. The van der Waals surface area contributed by atoms with Crippen molar-refractivity contribution in [1.82, 2.24) is 5.32 Å². The maximum absolute atomic E-state index is 12.4. The smallest absolute Gasteiger partial charge is 0.234 e. The molecule has 2 aromatic rings. The molecule has 0 aliphatic heterocycles. The summed E-state index contributed by atoms with van der Waals surface area (Å²) in [6.07, 6.45) is 2.05. The van der Waals surface area contributed by atoms with Crippen molar-refractivity contribution >= 4 is 29.3 Å². The summed E-state index contributed by atoms with van der Waals surface area (Å²) in [4.78, 5) is 24.5. The number of hydrogen-bond donors (Lipinski definition) is 2. The van der Waals surface area contributed by atoms with Crippen molar-refractivity contribution in [3.8, 4) is 11.5 Å². The number of thioether (sulfide) groups is 1. The van der Waals surface area contributed by atoms with Crippen molar-refractivity contribution in [2.45, 2.75) is 45.4 Å². The Labute approximate surface area is 189 Å². The van der Waals surface area contributed by atoms with Gasteiger partial charge in [-0.15, -0.1) is 11.8 Å². The number of rotatable bonds is 12. The number of methoxy groups -OCH3 is 1. The van der Waals surface area contributed by atoms with Crippen LogP contribution in [0.2, 0.25) is 0 Å². The van der Waals surface area contributed by atoms with Crippen LogP contribution in [0.1, 0.15) is 37.8 Å². The first kappa shape index (κ1) is 24.6. The highest BCUT2D eigenvalue weighted by molar-refractivity contribution is 8.01. The maximum Gasteiger partial charge on any atom is 0.234 e. The van der Waals surface area contributed by atoms with Crippen molar-refractivity contribution in [3.63, 3.8) is 0 Å². The lowest BCUT2D eigenvalue weighted by molar-refractivity contribution is -0.120. The van der Waals surface area contributed by atoms with Crippen LogP contribution in [0.5, 0.6) is 11.5 Å². The fourth-order valence-corrected chi connectivity index (χ4v) is 3.42. The number of carbonyl (C=O) groups excluding carboxylic acids is 2. The molecule has 0 heterocycles. The number of aryl methyl sites for hydroxylation is 1. The van der Waals surface area contributed by atoms with Gasteiger partial charge in [0.25, 0.3) is 0 Å². The summed E-state index contributed by atoms with van der Waals surface area (Å²) in [5.74, 6) is 1.32. The Bertz CT molecular complexity index is 855. The molecular formula is C24H32N2O4S. The molecule has 0 fully saturated rings. The number of unbranched alkanes of at least 4 members (excludes halogenated alkanes) is 1. The Hall–Kier alpha value is -2.67. The lowest BCUT2D eigenvalue weighted by atomic mass is 10.2. The zero-order valence-electron chi connectivity index (χ0n) is 18.7. The summed E-state index contributed by atoms with van der Waals surface area (Å²) in [6, 6.07) is 13.3. The molecule has 0 saturated carbocycles. The van der Waals surface area contributed by atoms with Gasteiger partial charge in [0.05, 0.1) is 24.7 Å². The van der Waals surface area contributed by atoms with Gasteiger partial charge in [-0.1, -0.05) is 37.1 Å². The molecule has 0 radical (unpaired) electrons. The minimum atomic E-state index is -0.345. The molecule has 1 unspecified atom stereocenters. The van der Waals surface area contributed by atoms with E-state index >= 15 is 0 Å². The third kappa shape index (κ3) is 8.53. The summed E-state index contributed by atoms with van der Waals surface area (Å²) in [6.45, 7) is 6.93. The standard InChI is InChI=1S/C24H32N2O4S/c1-5-6-13-30-21-12-9-19(14-22(21)29-4)15-25-24(28)18(3)31-16-23(27)26-20-10-7-17(2)8-11-20/h7-12,14,18H,5-6,13,15-16H2,1-4H3,(H,25,28)(H,26,27). The molecule has 7 heteroatoms. The van der Waals surface area contributed by atoms with Gasteiger partial charge in [0.2, 0.25) is 11.8 Å². The molecule has 31 heavy (non-hydrogen) atoms. The normalized spacial score (nSPS) is 11.5. The first-order valence-corrected chi connectivity index (χ1v) is 11.5. The Morgan fingerprint density at radius 2 is 1.84 bits per heavy atom. The van der Waals surface area contributed by atoms with E-state index in [1.165, 1.54) is 11.8 Å². The van der Waals surface area contributed by atoms with Crippen LogP contribution in [-0.4, -0.2) is 36.5 Å². The summed E-state index contributed by atoms with van der Waals surface area (Å²) in [5, 5.41) is 5.41. The molecule has 0 spiro atoms. The monoisotopic (exact) mass is 444 g/mol. The first-order valence-electron chi connectivity index (χ1n) is 10.5. The second-order valence-corrected chi connectivity index (χ2v) is 8.60. The van der Waals surface area contributed by atoms with Gasteiger partial charge in [-0.25, -0.2) is 0 Å². The molecule has 168 valence electrons. The summed E-state index contributed by atoms with van der Waals surface area (Å²) in [5.41, 5.74) is 2.81. The van der Waals surface area contributed by atoms with Crippen LogP contribution in [-0.2, 0) is 16.1 Å². The van der Waals surface area contributed by atoms with Crippen LogP contribution >= 0.6 is 11.8 Å². The number of carbonyl (C=O) groups is 2. The summed E-state index contributed by atoms with van der Waals surface area (Å²) < 4.78 is 11.1. The lowest BCUT2D eigenvalue weighted by Crippen LogP contribution is -2.31. The predicted octanol–water partition coefficient (Wildman–Crippen LogP) is 4.56. The highest BCUT2D eigenvalue weighted by atomic mass is 32.2. The van der Waals surface area contributed by atoms with Gasteiger partial charge in [-0.2, -0.15) is 0 Å². The summed E-state index contributed by atoms with van der Waals surface area (Å²) >= 11 is 1.30. The SMILES string of the molecule is CCCCOc1ccc(CNC(=O)C(C)SCC(=O)Nc2ccc(C)cc2)cc1OC. The minimum Gasteiger partial charge on any atom is -0.493 e. The van der Waals surface area contributed by atoms with E-state index in [9.17, 15) is 9.59 Å². The fourth-order valence-electron chi connectivity index (χ4n) is 2.71. The van der Waals surface area contributed by atoms with Gasteiger partial charge < -0.3 is 20.1 Å². The van der Waals surface area contributed by atoms with Crippen molar-refractivity contribution in [3.05, 3.63) is 53.6 Å². The van der Waals surface area contributed by atoms with Crippen LogP contribution < -0.4 is 20.1 Å². The highest BCUT2D eigenvalue weighted by Gasteiger charge is 2.15. The number of anilines is 1. The Morgan fingerprint density at radius 1 is 1.10 bits per heavy atom. The molecule has 0 aliphatic carbocycles. The highest BCUT2D eigenvalue weighted by Crippen LogP contribution is 2.28. The van der Waals surface area contributed by atoms with E-state index in [2.05, 4.69) is 17.6 Å². The van der Waals surface area contributed by atoms with E-state index in [0.29, 0.717) is 24.7 Å². The van der Waals surface area contributed by atoms with Crippen molar-refractivity contribution in [2.75, 3.05) is 24.8 Å². The first-order chi connectivity index (χ1) is 14.9. The lowest BCUT2D eigenvalue weighted by Gasteiger charge is -2.14. The van der Waals surface area contributed by atoms with Gasteiger partial charge in [-0.05, 0) is 50.1 Å². The van der Waals surface area contributed by atoms with E-state index in [1.54, 1.807) is 14.0 Å². The molecular weight excluding hydrogens is 412 g/mol. The van der Waals surface area contributed by atoms with Crippen LogP contribution in [0.15, 0.2) is 42.5 Å². The van der Waals surface area contributed by atoms with E-state index in [0.717, 1.165) is 29.7 Å². The molecule has 2 aromatic carbocycles. The molecule has 6 nitrogen and oxygen atoms in total. The number of amides is 2. The van der Waals surface area contributed by atoms with Gasteiger partial charge in [0.15, 0.2) is 11.5 Å². The third-order valence-corrected chi connectivity index (χ3v) is 5.76. The van der Waals surface area contributed by atoms with E-state index in [-0.39, 0.29) is 22.8 Å². The zero-order chi connectivity index (χ0) is 22.6. The molecule has 0 bridgehead atoms. The third-order valence-electron chi connectivity index (χ3n) is 4.62. The Balaban J connectivity index is 1.77. The van der Waals surface area contributed by atoms with Crippen molar-refractivity contribution < 1.29 is 19.1 Å². The second-order valence-electron chi connectivity index (χ2n) is 7.27. The van der Waals surface area contributed by atoms with Gasteiger partial charge in [-0.3, -0.25) is 9.59 Å². The van der Waals surface area contributed by atoms with E-state index < -0.39 is 0 Å². The Morgan fingerprint density at radius 3 is 2.52 bits per heavy atom. The minimum absolute atomic E-state index is 0.115. The molecule has 0 saturated heterocycles. The number of hydrogen-bond acceptors (Lipinski definition) is 5. The number of nitrogens with one attached hydrogen (secondary N) is 2. The van der Waals surface area contributed by atoms with Gasteiger partial charge in [0, 0.05) is 12.2 Å². The fraction of sp³-hybridized carbons (Fsp3) is 0.417. The topological polar surface area (TPSA) is 76.7 Å². The van der Waals surface area contributed by atoms with Crippen molar-refractivity contribution in [2.24, 2.45) is 0 Å². The molecule has 1 atom stereocenters. The van der Waals surface area contributed by atoms with Crippen LogP contribution in [0.4, 0.5) is 5.69 Å². The average Bonchev–Trinajstić information content (AvgIpc) is 2.78. The number of ether oxygens (including phenoxy) is 2. The maximum atomic E-state index is 12.4. The molecule has 0 aliphatic rings. The number of benzene rings is 2. The van der Waals surface area contributed by atoms with Crippen molar-refractivity contribution in [1.29, 1.82) is 0 Å². The Kier molecular flexibility index (Phi) is 10.2. The molecule has 2 amide bonds. The van der Waals surface area contributed by atoms with E-state index in [1.807, 2.05) is 49.4 Å². The van der Waals surface area contributed by atoms with E-state index in [4.69, 9.17) is 9.47 Å². The average molecular weight is 445 g/mol. The largest absolute Gasteiger partial charge is 0.493 e. The quantitative estimate of drug-likeness (QED) is 0.470. The molecule has 2 rings (SSSR count). The van der Waals surface area contributed by atoms with Crippen LogP contribution in [0.25, 0.3) is 0 Å². The molecule has 0 aromatic heterocycles. The van der Waals surface area contributed by atoms with Gasteiger partial charge >= 0.3 is 0 Å². The van der Waals surface area contributed by atoms with Crippen LogP contribution in [0, 0.1) is 6.92 Å². The predicted molar refractivity (Wildman–Crippen MR) is 127 cm³/mol. The molecule has 2 N–H and O–H groups in total. The van der Waals surface area contributed by atoms with Gasteiger partial charge in [0.1, 0.15) is 0 Å². The van der Waals surface area contributed by atoms with Crippen LogP contribution in [0.3, 0.4) is 0 Å².